The zero-order valence-corrected chi connectivity index (χ0v) is 28.5. The van der Waals surface area contributed by atoms with Crippen molar-refractivity contribution in [2.24, 2.45) is 0 Å². The first-order valence-electron chi connectivity index (χ1n) is 14.8. The molecule has 0 amide bonds. The summed E-state index contributed by atoms with van der Waals surface area (Å²) >= 11 is 5.92. The predicted octanol–water partition coefficient (Wildman–Crippen LogP) is 11.7. The van der Waals surface area contributed by atoms with Crippen LogP contribution in [0.15, 0.2) is 91.4 Å². The van der Waals surface area contributed by atoms with Crippen LogP contribution >= 0.6 is 46.2 Å². The highest BCUT2D eigenvalue weighted by Crippen LogP contribution is 2.51. The Morgan fingerprint density at radius 1 is 0.543 bits per heavy atom. The van der Waals surface area contributed by atoms with Crippen LogP contribution < -0.4 is 0 Å². The van der Waals surface area contributed by atoms with E-state index in [1.54, 1.807) is 22.7 Å². The lowest BCUT2D eigenvalue weighted by Crippen LogP contribution is -1.99. The van der Waals surface area contributed by atoms with Gasteiger partial charge in [-0.25, -0.2) is 0 Å². The lowest BCUT2D eigenvalue weighted by atomic mass is 9.95. The molecule has 9 rings (SSSR count). The quantitative estimate of drug-likeness (QED) is 0.174. The molecular formula is C38H24O4S4. The van der Waals surface area contributed by atoms with Gasteiger partial charge in [0.05, 0.1) is 9.75 Å². The van der Waals surface area contributed by atoms with E-state index >= 15 is 0 Å². The molecule has 0 fully saturated rings. The predicted molar refractivity (Wildman–Crippen MR) is 192 cm³/mol. The van der Waals surface area contributed by atoms with Gasteiger partial charge in [-0.2, -0.15) is 0 Å². The second-order valence-corrected chi connectivity index (χ2v) is 15.9. The number of hydrogen-bond acceptors (Lipinski definition) is 8. The minimum Gasteiger partial charge on any atom is -0.461 e. The van der Waals surface area contributed by atoms with Crippen molar-refractivity contribution >= 4 is 87.7 Å². The number of rotatable bonds is 3. The molecule has 0 atom stereocenters. The Kier molecular flexibility index (Phi) is 6.25. The van der Waals surface area contributed by atoms with Crippen LogP contribution in [0.5, 0.6) is 0 Å². The highest BCUT2D eigenvalue weighted by molar-refractivity contribution is 8.16. The van der Waals surface area contributed by atoms with E-state index in [2.05, 4.69) is 26.0 Å². The Labute approximate surface area is 281 Å². The number of carbonyl (C=O) groups is 2. The van der Waals surface area contributed by atoms with Crippen molar-refractivity contribution in [2.45, 2.75) is 37.5 Å². The van der Waals surface area contributed by atoms with Gasteiger partial charge in [0, 0.05) is 47.0 Å². The van der Waals surface area contributed by atoms with Crippen LogP contribution in [-0.4, -0.2) is 10.2 Å². The van der Waals surface area contributed by atoms with Gasteiger partial charge in [-0.15, -0.1) is 22.7 Å². The Balaban J connectivity index is 1.07. The normalized spacial score (nSPS) is 15.9. The van der Waals surface area contributed by atoms with Gasteiger partial charge in [0.15, 0.2) is 0 Å². The van der Waals surface area contributed by atoms with Gasteiger partial charge in [0.2, 0.25) is 10.2 Å². The fourth-order valence-corrected chi connectivity index (χ4v) is 10.9. The van der Waals surface area contributed by atoms with Crippen LogP contribution in [-0.2, 0) is 9.59 Å². The second-order valence-electron chi connectivity index (χ2n) is 11.8. The molecule has 2 aliphatic heterocycles. The molecule has 4 aromatic heterocycles. The van der Waals surface area contributed by atoms with Crippen LogP contribution in [0.3, 0.4) is 0 Å². The van der Waals surface area contributed by atoms with Crippen molar-refractivity contribution in [1.29, 1.82) is 0 Å². The standard InChI is InChI=1S/C38H24O4S4/c1-17-5-8-22-29(13-17)45-37(39)33(22)34-23-9-7-21(14-30(23)46-38(34)40)26-11-12-28(42-26)32-16-25-20(4)35-24(19(3)36(25)44-32)15-31(43-35)27-10-6-18(2)41-27/h5-16H,1-4H3/b34-33+. The molecule has 6 heterocycles. The highest BCUT2D eigenvalue weighted by atomic mass is 32.2. The maximum absolute atomic E-state index is 13.3. The van der Waals surface area contributed by atoms with E-state index in [1.807, 2.05) is 74.5 Å². The van der Waals surface area contributed by atoms with Crippen molar-refractivity contribution in [2.75, 3.05) is 0 Å². The van der Waals surface area contributed by atoms with E-state index in [0.29, 0.717) is 11.1 Å². The molecule has 0 saturated heterocycles. The molecule has 0 N–H and O–H groups in total. The molecule has 3 aromatic carbocycles. The maximum Gasteiger partial charge on any atom is 0.225 e. The Morgan fingerprint density at radius 2 is 1.09 bits per heavy atom. The molecule has 0 radical (unpaired) electrons. The summed E-state index contributed by atoms with van der Waals surface area (Å²) in [5.74, 6) is 3.39. The van der Waals surface area contributed by atoms with Gasteiger partial charge < -0.3 is 8.83 Å². The first-order chi connectivity index (χ1) is 22.2. The van der Waals surface area contributed by atoms with Crippen molar-refractivity contribution in [3.8, 4) is 32.6 Å². The van der Waals surface area contributed by atoms with Crippen LogP contribution in [0.2, 0.25) is 0 Å². The largest absolute Gasteiger partial charge is 0.461 e. The zero-order valence-electron chi connectivity index (χ0n) is 25.2. The minimum atomic E-state index is -0.0908. The number of thiophene rings is 2. The van der Waals surface area contributed by atoms with Crippen LogP contribution in [0, 0.1) is 27.7 Å². The Morgan fingerprint density at radius 3 is 1.70 bits per heavy atom. The van der Waals surface area contributed by atoms with E-state index in [1.165, 1.54) is 54.8 Å². The lowest BCUT2D eigenvalue weighted by Gasteiger charge is -2.06. The topological polar surface area (TPSA) is 60.4 Å². The molecule has 0 bridgehead atoms. The molecule has 0 aliphatic carbocycles. The summed E-state index contributed by atoms with van der Waals surface area (Å²) in [6, 6.07) is 24.5. The summed E-state index contributed by atoms with van der Waals surface area (Å²) in [6.07, 6.45) is 0. The highest BCUT2D eigenvalue weighted by Gasteiger charge is 2.36. The first-order valence-corrected chi connectivity index (χ1v) is 18.1. The molecular weight excluding hydrogens is 649 g/mol. The molecule has 4 nitrogen and oxygen atoms in total. The summed E-state index contributed by atoms with van der Waals surface area (Å²) < 4.78 is 14.9. The van der Waals surface area contributed by atoms with Crippen molar-refractivity contribution < 1.29 is 18.4 Å². The number of hydrogen-bond donors (Lipinski definition) is 0. The summed E-state index contributed by atoms with van der Waals surface area (Å²) in [5, 5.41) is 2.35. The third kappa shape index (κ3) is 4.20. The minimum absolute atomic E-state index is 0.0705. The van der Waals surface area contributed by atoms with Crippen molar-refractivity contribution in [3.63, 3.8) is 0 Å². The third-order valence-corrected chi connectivity index (χ3v) is 13.2. The Hall–Kier alpha value is -4.08. The average Bonchev–Trinajstić information content (AvgIpc) is 3.87. The third-order valence-electron chi connectivity index (χ3n) is 8.79. The van der Waals surface area contributed by atoms with E-state index in [4.69, 9.17) is 8.83 Å². The molecule has 0 unspecified atom stereocenters. The van der Waals surface area contributed by atoms with Gasteiger partial charge in [-0.3, -0.25) is 9.59 Å². The van der Waals surface area contributed by atoms with Gasteiger partial charge >= 0.3 is 0 Å². The first kappa shape index (κ1) is 28.2. The fourth-order valence-electron chi connectivity index (χ4n) is 6.46. The number of fused-ring (bicyclic) bond motifs is 4. The smallest absolute Gasteiger partial charge is 0.225 e. The summed E-state index contributed by atoms with van der Waals surface area (Å²) in [5.41, 5.74) is 7.21. The van der Waals surface area contributed by atoms with E-state index in [0.717, 1.165) is 64.8 Å². The molecule has 0 saturated carbocycles. The molecule has 0 spiro atoms. The summed E-state index contributed by atoms with van der Waals surface area (Å²) in [6.45, 7) is 8.38. The average molecular weight is 673 g/mol. The molecule has 224 valence electrons. The monoisotopic (exact) mass is 672 g/mol. The zero-order chi connectivity index (χ0) is 31.4. The van der Waals surface area contributed by atoms with E-state index in [-0.39, 0.29) is 10.2 Å². The van der Waals surface area contributed by atoms with E-state index < -0.39 is 0 Å². The molecule has 8 heteroatoms. The van der Waals surface area contributed by atoms with Gasteiger partial charge in [-0.05, 0) is 127 Å². The number of carbonyl (C=O) groups excluding carboxylic acids is 2. The maximum atomic E-state index is 13.3. The SMILES string of the molecule is Cc1ccc2c(c1)SC(=O)/C2=C1/C(=O)Sc2cc(-c3ccc(-c4cc5c(C)c6sc(-c7ccc(C)o7)cc6c(C)c5s4)o3)ccc21. The molecule has 2 aliphatic rings. The number of thioether (sulfide) groups is 2. The summed E-state index contributed by atoms with van der Waals surface area (Å²) in [4.78, 5) is 30.4. The number of furan rings is 2. The number of aryl methyl sites for hydroxylation is 4. The van der Waals surface area contributed by atoms with Crippen molar-refractivity contribution in [1.82, 2.24) is 0 Å². The van der Waals surface area contributed by atoms with Crippen molar-refractivity contribution in [3.05, 3.63) is 106 Å². The second kappa shape index (κ2) is 10.2. The van der Waals surface area contributed by atoms with Gasteiger partial charge in [0.1, 0.15) is 23.0 Å². The van der Waals surface area contributed by atoms with Gasteiger partial charge in [-0.1, -0.05) is 24.3 Å². The summed E-state index contributed by atoms with van der Waals surface area (Å²) in [7, 11) is 0. The Bertz CT molecular complexity index is 2460. The van der Waals surface area contributed by atoms with Crippen LogP contribution in [0.25, 0.3) is 63.9 Å². The van der Waals surface area contributed by atoms with Crippen LogP contribution in [0.4, 0.5) is 0 Å². The fraction of sp³-hybridized carbons (Fsp3) is 0.105. The van der Waals surface area contributed by atoms with Crippen LogP contribution in [0.1, 0.15) is 33.6 Å². The molecule has 46 heavy (non-hydrogen) atoms. The van der Waals surface area contributed by atoms with E-state index in [9.17, 15) is 9.59 Å². The number of benzene rings is 3. The lowest BCUT2D eigenvalue weighted by molar-refractivity contribution is -0.107. The van der Waals surface area contributed by atoms with Gasteiger partial charge in [0.25, 0.3) is 0 Å². The molecule has 7 aromatic rings.